The van der Waals surface area contributed by atoms with Crippen molar-refractivity contribution in [1.29, 1.82) is 0 Å². The van der Waals surface area contributed by atoms with Crippen LogP contribution >= 0.6 is 11.6 Å². The third kappa shape index (κ3) is 3.21. The normalized spacial score (nSPS) is 16.3. The van der Waals surface area contributed by atoms with E-state index in [0.29, 0.717) is 29.1 Å². The van der Waals surface area contributed by atoms with E-state index in [4.69, 9.17) is 11.6 Å². The van der Waals surface area contributed by atoms with E-state index in [1.54, 1.807) is 16.8 Å². The van der Waals surface area contributed by atoms with Crippen molar-refractivity contribution in [3.8, 4) is 5.82 Å². The number of fused-ring (bicyclic) bond motifs is 1. The fraction of sp³-hybridized carbons (Fsp3) is 0.300. The first kappa shape index (κ1) is 17.7. The van der Waals surface area contributed by atoms with Crippen molar-refractivity contribution in [3.63, 3.8) is 0 Å². The number of aryl methyl sites for hydroxylation is 1. The Morgan fingerprint density at radius 2 is 1.89 bits per heavy atom. The van der Waals surface area contributed by atoms with Crippen molar-refractivity contribution >= 4 is 23.3 Å². The van der Waals surface area contributed by atoms with E-state index >= 15 is 0 Å². The molecule has 0 fully saturated rings. The topological polar surface area (TPSA) is 72.7 Å². The average Bonchev–Trinajstić information content (AvgIpc) is 2.98. The minimum atomic E-state index is -0.0384. The van der Waals surface area contributed by atoms with E-state index < -0.39 is 0 Å². The van der Waals surface area contributed by atoms with Gasteiger partial charge in [0.1, 0.15) is 5.82 Å². The third-order valence-electron chi connectivity index (χ3n) is 4.94. The van der Waals surface area contributed by atoms with Crippen LogP contribution in [0.4, 0.5) is 5.82 Å². The number of amides is 1. The predicted molar refractivity (Wildman–Crippen MR) is 105 cm³/mol. The summed E-state index contributed by atoms with van der Waals surface area (Å²) in [4.78, 5) is 12.4. The summed E-state index contributed by atoms with van der Waals surface area (Å²) in [5.41, 5.74) is 4.27. The minimum Gasteiger partial charge on any atom is -0.310 e. The molecule has 0 radical (unpaired) electrons. The number of carbonyl (C=O) groups excluding carboxylic acids is 1. The van der Waals surface area contributed by atoms with Crippen LogP contribution in [0.3, 0.4) is 0 Å². The largest absolute Gasteiger partial charge is 0.310 e. The first-order valence-electron chi connectivity index (χ1n) is 8.93. The lowest BCUT2D eigenvalue weighted by Gasteiger charge is -2.24. The first-order valence-corrected chi connectivity index (χ1v) is 9.30. The fourth-order valence-electron chi connectivity index (χ4n) is 3.53. The van der Waals surface area contributed by atoms with Gasteiger partial charge in [-0.15, -0.1) is 10.2 Å². The molecule has 2 aromatic heterocycles. The Bertz CT molecular complexity index is 992. The number of hydrogen-bond donors (Lipinski definition) is 1. The van der Waals surface area contributed by atoms with Crippen LogP contribution in [0.25, 0.3) is 5.82 Å². The molecule has 3 aromatic rings. The smallest absolute Gasteiger partial charge is 0.226 e. The highest BCUT2D eigenvalue weighted by molar-refractivity contribution is 6.29. The number of carbonyl (C=O) groups is 1. The molecule has 1 aliphatic rings. The van der Waals surface area contributed by atoms with E-state index in [-0.39, 0.29) is 11.8 Å². The van der Waals surface area contributed by atoms with Crippen molar-refractivity contribution in [1.82, 2.24) is 20.0 Å². The fourth-order valence-corrected chi connectivity index (χ4v) is 3.63. The maximum atomic E-state index is 12.4. The number of hydrogen-bond acceptors (Lipinski definition) is 4. The molecule has 1 atom stereocenters. The average molecular weight is 382 g/mol. The number of aromatic nitrogens is 4. The number of anilines is 1. The van der Waals surface area contributed by atoms with Gasteiger partial charge in [0.05, 0.1) is 5.69 Å². The maximum Gasteiger partial charge on any atom is 0.226 e. The Labute approximate surface area is 162 Å². The van der Waals surface area contributed by atoms with Crippen LogP contribution in [0.5, 0.6) is 0 Å². The molecule has 3 heterocycles. The number of rotatable bonds is 3. The summed E-state index contributed by atoms with van der Waals surface area (Å²) in [5, 5.41) is 15.8. The molecule has 6 nitrogen and oxygen atoms in total. The van der Waals surface area contributed by atoms with E-state index in [2.05, 4.69) is 58.7 Å². The Morgan fingerprint density at radius 1 is 1.15 bits per heavy atom. The summed E-state index contributed by atoms with van der Waals surface area (Å²) >= 11 is 5.84. The molecule has 1 aliphatic heterocycles. The second-order valence-electron chi connectivity index (χ2n) is 7.10. The summed E-state index contributed by atoms with van der Waals surface area (Å²) in [6.07, 6.45) is 0.396. The molecule has 0 aliphatic carbocycles. The minimum absolute atomic E-state index is 0.0380. The molecule has 4 rings (SSSR count). The van der Waals surface area contributed by atoms with Crippen molar-refractivity contribution in [2.75, 3.05) is 5.32 Å². The Kier molecular flexibility index (Phi) is 4.44. The second-order valence-corrected chi connectivity index (χ2v) is 7.49. The molecule has 7 heteroatoms. The molecule has 1 amide bonds. The van der Waals surface area contributed by atoms with Crippen LogP contribution in [-0.4, -0.2) is 25.9 Å². The van der Waals surface area contributed by atoms with Gasteiger partial charge in [0.2, 0.25) is 5.91 Å². The van der Waals surface area contributed by atoms with Gasteiger partial charge < -0.3 is 5.32 Å². The van der Waals surface area contributed by atoms with E-state index in [1.807, 2.05) is 6.92 Å². The van der Waals surface area contributed by atoms with Crippen LogP contribution in [-0.2, 0) is 4.79 Å². The number of halogens is 1. The molecule has 0 saturated carbocycles. The van der Waals surface area contributed by atoms with E-state index in [9.17, 15) is 4.79 Å². The predicted octanol–water partition coefficient (Wildman–Crippen LogP) is 4.22. The third-order valence-corrected chi connectivity index (χ3v) is 5.14. The highest BCUT2D eigenvalue weighted by atomic mass is 35.5. The van der Waals surface area contributed by atoms with Gasteiger partial charge in [-0.3, -0.25) is 4.79 Å². The second kappa shape index (κ2) is 6.78. The molecule has 0 bridgehead atoms. The SMILES string of the molecule is Cc1nn(-c2ccc(Cl)nn2)c2c1C(c1ccc(C(C)C)cc1)CC(=O)N2. The maximum absolute atomic E-state index is 12.4. The summed E-state index contributed by atoms with van der Waals surface area (Å²) < 4.78 is 1.63. The van der Waals surface area contributed by atoms with Gasteiger partial charge in [-0.25, -0.2) is 0 Å². The molecule has 138 valence electrons. The Hall–Kier alpha value is -2.73. The molecular formula is C20H20ClN5O. The zero-order valence-corrected chi connectivity index (χ0v) is 16.2. The Balaban J connectivity index is 1.80. The molecule has 1 N–H and O–H groups in total. The summed E-state index contributed by atoms with van der Waals surface area (Å²) in [6.45, 7) is 6.29. The number of nitrogens with zero attached hydrogens (tertiary/aromatic N) is 4. The van der Waals surface area contributed by atoms with Crippen molar-refractivity contribution in [2.24, 2.45) is 0 Å². The highest BCUT2D eigenvalue weighted by Gasteiger charge is 2.32. The Morgan fingerprint density at radius 3 is 2.52 bits per heavy atom. The van der Waals surface area contributed by atoms with Crippen LogP contribution in [0, 0.1) is 6.92 Å². The summed E-state index contributed by atoms with van der Waals surface area (Å²) in [6, 6.07) is 11.9. The molecular weight excluding hydrogens is 362 g/mol. The standard InChI is InChI=1S/C20H20ClN5O/c1-11(2)13-4-6-14(7-5-13)15-10-18(27)22-20-19(15)12(3)25-26(20)17-9-8-16(21)23-24-17/h4-9,11,15H,10H2,1-3H3,(H,22,27). The number of benzene rings is 1. The van der Waals surface area contributed by atoms with Crippen molar-refractivity contribution in [3.05, 3.63) is 63.9 Å². The van der Waals surface area contributed by atoms with Crippen LogP contribution in [0.2, 0.25) is 5.15 Å². The van der Waals surface area contributed by atoms with Gasteiger partial charge in [0, 0.05) is 17.9 Å². The molecule has 27 heavy (non-hydrogen) atoms. The van der Waals surface area contributed by atoms with Crippen LogP contribution in [0.15, 0.2) is 36.4 Å². The van der Waals surface area contributed by atoms with Gasteiger partial charge in [0.25, 0.3) is 0 Å². The lowest BCUT2D eigenvalue weighted by atomic mass is 9.85. The van der Waals surface area contributed by atoms with Crippen LogP contribution < -0.4 is 5.32 Å². The van der Waals surface area contributed by atoms with Crippen molar-refractivity contribution < 1.29 is 4.79 Å². The molecule has 1 unspecified atom stereocenters. The van der Waals surface area contributed by atoms with Gasteiger partial charge >= 0.3 is 0 Å². The van der Waals surface area contributed by atoms with Gasteiger partial charge in [-0.2, -0.15) is 9.78 Å². The molecule has 0 spiro atoms. The zero-order valence-electron chi connectivity index (χ0n) is 15.4. The molecule has 0 saturated heterocycles. The van der Waals surface area contributed by atoms with E-state index in [0.717, 1.165) is 16.8 Å². The van der Waals surface area contributed by atoms with Gasteiger partial charge in [0.15, 0.2) is 11.0 Å². The van der Waals surface area contributed by atoms with Crippen molar-refractivity contribution in [2.45, 2.75) is 39.0 Å². The lowest BCUT2D eigenvalue weighted by molar-refractivity contribution is -0.116. The number of nitrogens with one attached hydrogen (secondary N) is 1. The van der Waals surface area contributed by atoms with Crippen LogP contribution in [0.1, 0.15) is 54.5 Å². The zero-order chi connectivity index (χ0) is 19.1. The molecule has 1 aromatic carbocycles. The highest BCUT2D eigenvalue weighted by Crippen LogP contribution is 2.40. The summed E-state index contributed by atoms with van der Waals surface area (Å²) in [7, 11) is 0. The van der Waals surface area contributed by atoms with E-state index in [1.165, 1.54) is 5.56 Å². The van der Waals surface area contributed by atoms with Gasteiger partial charge in [-0.1, -0.05) is 49.7 Å². The lowest BCUT2D eigenvalue weighted by Crippen LogP contribution is -2.25. The quantitative estimate of drug-likeness (QED) is 0.737. The first-order chi connectivity index (χ1) is 12.9. The monoisotopic (exact) mass is 381 g/mol. The van der Waals surface area contributed by atoms with Gasteiger partial charge in [-0.05, 0) is 36.1 Å². The summed E-state index contributed by atoms with van der Waals surface area (Å²) in [5.74, 6) is 1.56.